The van der Waals surface area contributed by atoms with Gasteiger partial charge in [-0.2, -0.15) is 0 Å². The van der Waals surface area contributed by atoms with Crippen LogP contribution in [0, 0.1) is 17.3 Å². The number of hydrogen-bond acceptors (Lipinski definition) is 0. The van der Waals surface area contributed by atoms with Crippen LogP contribution in [0.1, 0.15) is 41.5 Å². The first-order valence-corrected chi connectivity index (χ1v) is 14.2. The summed E-state index contributed by atoms with van der Waals surface area (Å²) >= 11 is 0. The van der Waals surface area contributed by atoms with E-state index in [0.29, 0.717) is 17.4 Å². The Morgan fingerprint density at radius 3 is 1.97 bits per heavy atom. The van der Waals surface area contributed by atoms with Crippen LogP contribution in [0.5, 0.6) is 0 Å². The second-order valence-electron chi connectivity index (χ2n) is 10.3. The lowest BCUT2D eigenvalue weighted by Gasteiger charge is -2.44. The summed E-state index contributed by atoms with van der Waals surface area (Å²) in [5.74, 6) is 0.994. The van der Waals surface area contributed by atoms with E-state index in [2.05, 4.69) is 109 Å². The standard InChI is InChI=1S/C28H36Si/c1-18(2)28(23-12-9-10-13-23)17-11-14-24-25(28)15-16-26(24)29(7,8)27-21(5)19(3)20(4)22(27)6/h9-18,23,27H,1-8H3. The van der Waals surface area contributed by atoms with Gasteiger partial charge in [0.2, 0.25) is 0 Å². The molecule has 4 rings (SSSR count). The largest absolute Gasteiger partial charge is 0.0926 e. The Morgan fingerprint density at radius 2 is 1.41 bits per heavy atom. The summed E-state index contributed by atoms with van der Waals surface area (Å²) in [4.78, 5) is 0. The Morgan fingerprint density at radius 1 is 0.828 bits per heavy atom. The fourth-order valence-corrected chi connectivity index (χ4v) is 10.9. The van der Waals surface area contributed by atoms with Gasteiger partial charge in [0.25, 0.3) is 0 Å². The van der Waals surface area contributed by atoms with Gasteiger partial charge < -0.3 is 0 Å². The Kier molecular flexibility index (Phi) is 4.81. The number of allylic oxidation sites excluding steroid dienone is 16. The van der Waals surface area contributed by atoms with Gasteiger partial charge in [-0.05, 0) is 55.9 Å². The Balaban J connectivity index is 1.76. The predicted molar refractivity (Wildman–Crippen MR) is 130 cm³/mol. The molecule has 0 aliphatic heterocycles. The SMILES string of the molecule is CC1=C(C)C([Si](C)(C)C2=CC=C3C2=CC=CC3(C(C)C)C2C=CC=C2)C(C)=C1C. The Bertz CT molecular complexity index is 961. The molecule has 1 atom stereocenters. The molecule has 1 unspecified atom stereocenters. The zero-order valence-electron chi connectivity index (χ0n) is 19.4. The van der Waals surface area contributed by atoms with Gasteiger partial charge in [-0.1, -0.05) is 98.0 Å². The van der Waals surface area contributed by atoms with Crippen molar-refractivity contribution in [2.45, 2.75) is 60.2 Å². The zero-order chi connectivity index (χ0) is 21.1. The number of hydrogen-bond donors (Lipinski definition) is 0. The van der Waals surface area contributed by atoms with E-state index in [-0.39, 0.29) is 5.41 Å². The van der Waals surface area contributed by atoms with Crippen molar-refractivity contribution in [3.8, 4) is 0 Å². The first-order valence-electron chi connectivity index (χ1n) is 11.2. The van der Waals surface area contributed by atoms with Crippen LogP contribution >= 0.6 is 0 Å². The van der Waals surface area contributed by atoms with E-state index in [1.54, 1.807) is 21.9 Å². The molecule has 0 N–H and O–H groups in total. The molecule has 0 aromatic rings. The van der Waals surface area contributed by atoms with E-state index in [1.807, 2.05) is 0 Å². The third-order valence-corrected chi connectivity index (χ3v) is 12.5. The maximum absolute atomic E-state index is 2.59. The van der Waals surface area contributed by atoms with Crippen molar-refractivity contribution in [3.63, 3.8) is 0 Å². The third kappa shape index (κ3) is 2.70. The summed E-state index contributed by atoms with van der Waals surface area (Å²) in [6.07, 6.45) is 21.4. The van der Waals surface area contributed by atoms with E-state index >= 15 is 0 Å². The fourth-order valence-electron chi connectivity index (χ4n) is 6.52. The molecule has 0 saturated heterocycles. The van der Waals surface area contributed by atoms with Crippen LogP contribution in [0.4, 0.5) is 0 Å². The minimum atomic E-state index is -1.74. The molecule has 0 amide bonds. The van der Waals surface area contributed by atoms with Gasteiger partial charge in [-0.15, -0.1) is 0 Å². The lowest BCUT2D eigenvalue weighted by atomic mass is 9.60. The highest BCUT2D eigenvalue weighted by Gasteiger charge is 2.49. The molecule has 4 aliphatic carbocycles. The van der Waals surface area contributed by atoms with Gasteiger partial charge in [0.05, 0.1) is 8.07 Å². The molecular formula is C28H36Si. The lowest BCUT2D eigenvalue weighted by Crippen LogP contribution is -2.40. The smallest absolute Gasteiger partial charge is 0.0764 e. The van der Waals surface area contributed by atoms with Crippen LogP contribution in [-0.2, 0) is 0 Å². The van der Waals surface area contributed by atoms with E-state index in [0.717, 1.165) is 0 Å². The second kappa shape index (κ2) is 6.84. The molecule has 0 nitrogen and oxygen atoms in total. The topological polar surface area (TPSA) is 0 Å². The first-order chi connectivity index (χ1) is 13.6. The molecule has 4 aliphatic rings. The zero-order valence-corrected chi connectivity index (χ0v) is 20.4. The highest BCUT2D eigenvalue weighted by Crippen LogP contribution is 2.57. The summed E-state index contributed by atoms with van der Waals surface area (Å²) in [5, 5.41) is 1.64. The molecule has 152 valence electrons. The Labute approximate surface area is 178 Å². The summed E-state index contributed by atoms with van der Waals surface area (Å²) in [6.45, 7) is 19.3. The predicted octanol–water partition coefficient (Wildman–Crippen LogP) is 8.04. The molecule has 1 heteroatoms. The van der Waals surface area contributed by atoms with E-state index in [9.17, 15) is 0 Å². The van der Waals surface area contributed by atoms with Gasteiger partial charge in [-0.25, -0.2) is 0 Å². The molecule has 0 heterocycles. The lowest BCUT2D eigenvalue weighted by molar-refractivity contribution is 0.278. The minimum absolute atomic E-state index is 0.0631. The molecule has 0 bridgehead atoms. The van der Waals surface area contributed by atoms with Crippen molar-refractivity contribution in [1.82, 2.24) is 0 Å². The van der Waals surface area contributed by atoms with Crippen molar-refractivity contribution in [3.05, 3.63) is 93.3 Å². The quantitative estimate of drug-likeness (QED) is 0.419. The van der Waals surface area contributed by atoms with Crippen molar-refractivity contribution in [2.75, 3.05) is 0 Å². The van der Waals surface area contributed by atoms with Crippen LogP contribution < -0.4 is 0 Å². The fraction of sp³-hybridized carbons (Fsp3) is 0.429. The Hall–Kier alpha value is -1.86. The van der Waals surface area contributed by atoms with Crippen LogP contribution in [-0.4, -0.2) is 8.07 Å². The van der Waals surface area contributed by atoms with Gasteiger partial charge >= 0.3 is 0 Å². The maximum atomic E-state index is 2.59. The van der Waals surface area contributed by atoms with E-state index < -0.39 is 8.07 Å². The highest BCUT2D eigenvalue weighted by atomic mass is 28.3. The average Bonchev–Trinajstić information content (AvgIpc) is 3.39. The second-order valence-corrected chi connectivity index (χ2v) is 14.8. The van der Waals surface area contributed by atoms with Crippen molar-refractivity contribution in [1.29, 1.82) is 0 Å². The van der Waals surface area contributed by atoms with Crippen LogP contribution in [0.2, 0.25) is 18.6 Å². The van der Waals surface area contributed by atoms with Crippen LogP contribution in [0.25, 0.3) is 0 Å². The summed E-state index contributed by atoms with van der Waals surface area (Å²) < 4.78 is 0. The molecule has 0 fully saturated rings. The molecule has 0 saturated carbocycles. The summed E-state index contributed by atoms with van der Waals surface area (Å²) in [5.41, 5.74) is 10.0. The molecule has 0 aromatic heterocycles. The monoisotopic (exact) mass is 400 g/mol. The van der Waals surface area contributed by atoms with Gasteiger partial charge in [0, 0.05) is 16.9 Å². The molecule has 0 aromatic carbocycles. The number of rotatable bonds is 4. The molecular weight excluding hydrogens is 364 g/mol. The van der Waals surface area contributed by atoms with Gasteiger partial charge in [0.1, 0.15) is 0 Å². The third-order valence-electron chi connectivity index (χ3n) is 8.38. The summed E-state index contributed by atoms with van der Waals surface area (Å²) in [7, 11) is -1.74. The van der Waals surface area contributed by atoms with Crippen molar-refractivity contribution >= 4 is 8.07 Å². The average molecular weight is 401 g/mol. The van der Waals surface area contributed by atoms with Crippen molar-refractivity contribution in [2.24, 2.45) is 17.3 Å². The molecule has 0 spiro atoms. The maximum Gasteiger partial charge on any atom is 0.0926 e. The van der Waals surface area contributed by atoms with Gasteiger partial charge in [-0.3, -0.25) is 0 Å². The highest BCUT2D eigenvalue weighted by molar-refractivity contribution is 6.88. The summed E-state index contributed by atoms with van der Waals surface area (Å²) in [6, 6.07) is 0. The van der Waals surface area contributed by atoms with E-state index in [1.165, 1.54) is 16.7 Å². The van der Waals surface area contributed by atoms with Crippen LogP contribution in [0.3, 0.4) is 0 Å². The van der Waals surface area contributed by atoms with Gasteiger partial charge in [0.15, 0.2) is 0 Å². The minimum Gasteiger partial charge on any atom is -0.0764 e. The molecule has 29 heavy (non-hydrogen) atoms. The van der Waals surface area contributed by atoms with Crippen LogP contribution in [0.15, 0.2) is 93.3 Å². The normalized spacial score (nSPS) is 27.4. The van der Waals surface area contributed by atoms with E-state index in [4.69, 9.17) is 0 Å². The van der Waals surface area contributed by atoms with Crippen molar-refractivity contribution < 1.29 is 0 Å². The number of fused-ring (bicyclic) bond motifs is 1. The molecule has 0 radical (unpaired) electrons. The first kappa shape index (κ1) is 20.4.